The monoisotopic (exact) mass is 406 g/mol. The van der Waals surface area contributed by atoms with Crippen molar-refractivity contribution in [2.45, 2.75) is 25.8 Å². The molecule has 4 rings (SSSR count). The molecule has 0 radical (unpaired) electrons. The van der Waals surface area contributed by atoms with Crippen LogP contribution >= 0.6 is 0 Å². The number of nitrogens with one attached hydrogen (secondary N) is 1. The van der Waals surface area contributed by atoms with Gasteiger partial charge < -0.3 is 19.5 Å². The van der Waals surface area contributed by atoms with E-state index in [1.165, 1.54) is 12.7 Å². The van der Waals surface area contributed by atoms with Gasteiger partial charge in [-0.2, -0.15) is 0 Å². The normalized spacial score (nSPS) is 13.3. The zero-order valence-electron chi connectivity index (χ0n) is 17.1. The first-order chi connectivity index (χ1) is 14.7. The van der Waals surface area contributed by atoms with Crippen LogP contribution in [0.25, 0.3) is 11.0 Å². The number of benzene rings is 2. The van der Waals surface area contributed by atoms with Crippen LogP contribution in [0.2, 0.25) is 0 Å². The van der Waals surface area contributed by atoms with E-state index in [2.05, 4.69) is 11.4 Å². The molecule has 7 heteroatoms. The molecule has 0 aliphatic carbocycles. The Morgan fingerprint density at radius 2 is 1.93 bits per heavy atom. The molecule has 0 spiro atoms. The summed E-state index contributed by atoms with van der Waals surface area (Å²) in [6, 6.07) is 15.9. The molecule has 0 saturated heterocycles. The number of para-hydroxylation sites is 3. The van der Waals surface area contributed by atoms with Gasteiger partial charge in [-0.25, -0.2) is 4.98 Å². The molecule has 3 aromatic rings. The lowest BCUT2D eigenvalue weighted by Gasteiger charge is -2.29. The quantitative estimate of drug-likeness (QED) is 0.653. The van der Waals surface area contributed by atoms with Crippen LogP contribution in [0.15, 0.2) is 48.5 Å². The van der Waals surface area contributed by atoms with Crippen molar-refractivity contribution in [3.63, 3.8) is 0 Å². The van der Waals surface area contributed by atoms with Crippen LogP contribution in [0.3, 0.4) is 0 Å². The third-order valence-corrected chi connectivity index (χ3v) is 5.38. The molecule has 1 aliphatic rings. The van der Waals surface area contributed by atoms with Gasteiger partial charge in [-0.3, -0.25) is 9.59 Å². The second-order valence-corrected chi connectivity index (χ2v) is 7.41. The number of carbonyl (C=O) groups is 2. The summed E-state index contributed by atoms with van der Waals surface area (Å²) in [4.78, 5) is 31.5. The van der Waals surface area contributed by atoms with E-state index in [4.69, 9.17) is 9.72 Å². The number of hydrogen-bond donors (Lipinski definition) is 1. The highest BCUT2D eigenvalue weighted by molar-refractivity contribution is 5.95. The van der Waals surface area contributed by atoms with Gasteiger partial charge in [0.25, 0.3) is 0 Å². The topological polar surface area (TPSA) is 76.5 Å². The van der Waals surface area contributed by atoms with Crippen molar-refractivity contribution in [1.29, 1.82) is 0 Å². The lowest BCUT2D eigenvalue weighted by molar-refractivity contribution is -0.124. The minimum Gasteiger partial charge on any atom is -0.375 e. The fourth-order valence-electron chi connectivity index (χ4n) is 4.00. The van der Waals surface area contributed by atoms with Gasteiger partial charge in [-0.1, -0.05) is 30.3 Å². The average molecular weight is 406 g/mol. The van der Waals surface area contributed by atoms with Gasteiger partial charge in [-0.15, -0.1) is 0 Å². The Labute approximate surface area is 175 Å². The van der Waals surface area contributed by atoms with Crippen LogP contribution in [0.5, 0.6) is 0 Å². The summed E-state index contributed by atoms with van der Waals surface area (Å²) in [5, 5.41) is 2.82. The second-order valence-electron chi connectivity index (χ2n) is 7.41. The molecular formula is C23H26N4O3. The molecule has 0 bridgehead atoms. The summed E-state index contributed by atoms with van der Waals surface area (Å²) >= 11 is 0. The van der Waals surface area contributed by atoms with E-state index in [1.54, 1.807) is 0 Å². The van der Waals surface area contributed by atoms with E-state index >= 15 is 0 Å². The van der Waals surface area contributed by atoms with Crippen molar-refractivity contribution in [2.75, 3.05) is 31.7 Å². The highest BCUT2D eigenvalue weighted by Gasteiger charge is 2.23. The zero-order valence-corrected chi connectivity index (χ0v) is 17.1. The Bertz CT molecular complexity index is 1060. The van der Waals surface area contributed by atoms with Crippen molar-refractivity contribution in [1.82, 2.24) is 14.9 Å². The number of nitrogens with zero attached hydrogens (tertiary/aromatic N) is 3. The molecule has 0 fully saturated rings. The largest absolute Gasteiger partial charge is 0.375 e. The van der Waals surface area contributed by atoms with Crippen molar-refractivity contribution >= 4 is 28.5 Å². The predicted molar refractivity (Wildman–Crippen MR) is 115 cm³/mol. The predicted octanol–water partition coefficient (Wildman–Crippen LogP) is 2.32. The van der Waals surface area contributed by atoms with Gasteiger partial charge in [0.1, 0.15) is 19.0 Å². The van der Waals surface area contributed by atoms with E-state index in [-0.39, 0.29) is 25.0 Å². The lowest BCUT2D eigenvalue weighted by atomic mass is 10.0. The number of carbonyl (C=O) groups excluding carboxylic acids is 2. The molecule has 1 N–H and O–H groups in total. The zero-order chi connectivity index (χ0) is 20.9. The second kappa shape index (κ2) is 9.09. The number of aromatic nitrogens is 2. The summed E-state index contributed by atoms with van der Waals surface area (Å²) in [5.41, 5.74) is 4.00. The number of methoxy groups -OCH3 is 1. The van der Waals surface area contributed by atoms with E-state index in [0.29, 0.717) is 13.0 Å². The fraction of sp³-hybridized carbons (Fsp3) is 0.348. The molecule has 0 saturated carbocycles. The van der Waals surface area contributed by atoms with Gasteiger partial charge in [0, 0.05) is 32.3 Å². The van der Waals surface area contributed by atoms with E-state index in [1.807, 2.05) is 51.9 Å². The molecule has 2 aromatic carbocycles. The van der Waals surface area contributed by atoms with Crippen molar-refractivity contribution in [3.8, 4) is 0 Å². The molecule has 2 heterocycles. The number of rotatable bonds is 7. The van der Waals surface area contributed by atoms with Gasteiger partial charge >= 0.3 is 0 Å². The number of ether oxygens (including phenoxy) is 1. The van der Waals surface area contributed by atoms with E-state index < -0.39 is 0 Å². The van der Waals surface area contributed by atoms with Crippen LogP contribution in [-0.2, 0) is 33.7 Å². The SMILES string of the molecule is COCC(=O)NCCc1nc2ccccc2n1CC(=O)N1CCCc2ccccc21. The molecular weight excluding hydrogens is 380 g/mol. The Kier molecular flexibility index (Phi) is 6.09. The number of hydrogen-bond acceptors (Lipinski definition) is 4. The maximum Gasteiger partial charge on any atom is 0.246 e. The number of imidazole rings is 1. The maximum absolute atomic E-state index is 13.3. The van der Waals surface area contributed by atoms with Gasteiger partial charge in [0.05, 0.1) is 11.0 Å². The van der Waals surface area contributed by atoms with Crippen LogP contribution in [-0.4, -0.2) is 48.2 Å². The lowest BCUT2D eigenvalue weighted by Crippen LogP contribution is -2.38. The first-order valence-corrected chi connectivity index (χ1v) is 10.3. The third-order valence-electron chi connectivity index (χ3n) is 5.38. The molecule has 7 nitrogen and oxygen atoms in total. The van der Waals surface area contributed by atoms with E-state index in [9.17, 15) is 9.59 Å². The van der Waals surface area contributed by atoms with Crippen molar-refractivity contribution in [3.05, 3.63) is 59.9 Å². The molecule has 156 valence electrons. The smallest absolute Gasteiger partial charge is 0.246 e. The highest BCUT2D eigenvalue weighted by atomic mass is 16.5. The van der Waals surface area contributed by atoms with Gasteiger partial charge in [0.15, 0.2) is 0 Å². The molecule has 0 unspecified atom stereocenters. The first kappa shape index (κ1) is 20.1. The van der Waals surface area contributed by atoms with Crippen LogP contribution < -0.4 is 10.2 Å². The summed E-state index contributed by atoms with van der Waals surface area (Å²) in [7, 11) is 1.49. The molecule has 2 amide bonds. The number of anilines is 1. The van der Waals surface area contributed by atoms with Gasteiger partial charge in [0.2, 0.25) is 11.8 Å². The Morgan fingerprint density at radius 3 is 2.80 bits per heavy atom. The van der Waals surface area contributed by atoms with Crippen LogP contribution in [0, 0.1) is 0 Å². The number of amides is 2. The summed E-state index contributed by atoms with van der Waals surface area (Å²) in [6.45, 7) is 1.41. The van der Waals surface area contributed by atoms with Gasteiger partial charge in [-0.05, 0) is 36.6 Å². The third kappa shape index (κ3) is 4.21. The molecule has 1 aromatic heterocycles. The summed E-state index contributed by atoms with van der Waals surface area (Å²) in [6.07, 6.45) is 2.50. The summed E-state index contributed by atoms with van der Waals surface area (Å²) in [5.74, 6) is 0.670. The van der Waals surface area contributed by atoms with Crippen molar-refractivity contribution < 1.29 is 14.3 Å². The average Bonchev–Trinajstić information content (AvgIpc) is 3.11. The van der Waals surface area contributed by atoms with E-state index in [0.717, 1.165) is 41.9 Å². The highest BCUT2D eigenvalue weighted by Crippen LogP contribution is 2.27. The number of aryl methyl sites for hydroxylation is 1. The van der Waals surface area contributed by atoms with Crippen molar-refractivity contribution in [2.24, 2.45) is 0 Å². The fourth-order valence-corrected chi connectivity index (χ4v) is 4.00. The standard InChI is InChI=1S/C23H26N4O3/c1-30-16-22(28)24-13-12-21-25-18-9-3-5-11-20(18)27(21)15-23(29)26-14-6-8-17-7-2-4-10-19(17)26/h2-5,7,9-11H,6,8,12-16H2,1H3,(H,24,28). The van der Waals surface area contributed by atoms with Crippen LogP contribution in [0.1, 0.15) is 17.8 Å². The minimum atomic E-state index is -0.166. The molecule has 1 aliphatic heterocycles. The number of fused-ring (bicyclic) bond motifs is 2. The maximum atomic E-state index is 13.3. The van der Waals surface area contributed by atoms with Crippen LogP contribution in [0.4, 0.5) is 5.69 Å². The Hall–Kier alpha value is -3.19. The Morgan fingerprint density at radius 1 is 1.13 bits per heavy atom. The Balaban J connectivity index is 1.56. The first-order valence-electron chi connectivity index (χ1n) is 10.3. The molecule has 0 atom stereocenters. The molecule has 30 heavy (non-hydrogen) atoms. The summed E-state index contributed by atoms with van der Waals surface area (Å²) < 4.78 is 6.81. The minimum absolute atomic E-state index is 0.0310.